The molecule has 0 bridgehead atoms. The summed E-state index contributed by atoms with van der Waals surface area (Å²) in [5, 5.41) is 2.27. The van der Waals surface area contributed by atoms with Crippen molar-refractivity contribution < 1.29 is 32.9 Å². The van der Waals surface area contributed by atoms with Crippen molar-refractivity contribution >= 4 is 32.8 Å². The Morgan fingerprint density at radius 2 is 1.69 bits per heavy atom. The van der Waals surface area contributed by atoms with Gasteiger partial charge in [-0.25, -0.2) is 0 Å². The summed E-state index contributed by atoms with van der Waals surface area (Å²) in [6, 6.07) is 29.9. The molecule has 0 amide bonds. The zero-order valence-electron chi connectivity index (χ0n) is 25.8. The average molecular weight is 735 g/mol. The normalized spacial score (nSPS) is 14.4. The van der Waals surface area contributed by atoms with Crippen LogP contribution in [0.5, 0.6) is 17.2 Å². The minimum absolute atomic E-state index is 0.580. The van der Waals surface area contributed by atoms with Gasteiger partial charge in [0.1, 0.15) is 5.75 Å². The van der Waals surface area contributed by atoms with Crippen molar-refractivity contribution in [1.82, 2.24) is 18.7 Å². The van der Waals surface area contributed by atoms with Gasteiger partial charge in [0.25, 0.3) is 0 Å². The molecule has 0 fully saturated rings. The predicted molar refractivity (Wildman–Crippen MR) is 163 cm³/mol. The quantitative estimate of drug-likeness (QED) is 0.185. The van der Waals surface area contributed by atoms with Crippen LogP contribution in [0.15, 0.2) is 97.2 Å². The van der Waals surface area contributed by atoms with Gasteiger partial charge < -0.3 is 4.74 Å². The third-order valence-corrected chi connectivity index (χ3v) is 8.93. The SMILES string of the molecule is [2H]C([2H])([2H])n1[c](=[Pt])n(-c2cccc(Oc3ccc4c5cc6c(cc5n(-c5cc(C)ccn5)c4c3)OCCC6)c2)c2ccccc21. The summed E-state index contributed by atoms with van der Waals surface area (Å²) >= 11 is 2.09. The van der Waals surface area contributed by atoms with Crippen LogP contribution >= 0.6 is 0 Å². The molecule has 8 rings (SSSR count). The van der Waals surface area contributed by atoms with E-state index in [1.165, 1.54) is 10.1 Å². The van der Waals surface area contributed by atoms with Gasteiger partial charge in [-0.2, -0.15) is 0 Å². The maximum atomic E-state index is 8.15. The molecule has 1 aliphatic rings. The Balaban J connectivity index is 1.26. The van der Waals surface area contributed by atoms with E-state index in [2.05, 4.69) is 61.2 Å². The van der Waals surface area contributed by atoms with Crippen molar-refractivity contribution in [3.05, 3.63) is 112 Å². The van der Waals surface area contributed by atoms with Gasteiger partial charge in [-0.15, -0.1) is 0 Å². The van der Waals surface area contributed by atoms with E-state index in [-0.39, 0.29) is 0 Å². The molecule has 0 spiro atoms. The molecule has 0 radical (unpaired) electrons. The summed E-state index contributed by atoms with van der Waals surface area (Å²) in [6.07, 6.45) is 3.85. The van der Waals surface area contributed by atoms with Gasteiger partial charge in [-0.1, -0.05) is 0 Å². The van der Waals surface area contributed by atoms with Crippen LogP contribution in [0.1, 0.15) is 21.7 Å². The fraction of sp³-hybridized carbons (Fsp3) is 0.143. The van der Waals surface area contributed by atoms with E-state index in [4.69, 9.17) is 18.6 Å². The molecule has 6 nitrogen and oxygen atoms in total. The van der Waals surface area contributed by atoms with E-state index >= 15 is 0 Å². The second-order valence-electron chi connectivity index (χ2n) is 10.6. The third kappa shape index (κ3) is 4.05. The molecule has 42 heavy (non-hydrogen) atoms. The zero-order chi connectivity index (χ0) is 30.9. The molecule has 3 aromatic heterocycles. The van der Waals surface area contributed by atoms with E-state index < -0.39 is 6.98 Å². The summed E-state index contributed by atoms with van der Waals surface area (Å²) in [6.45, 7) is 0.481. The van der Waals surface area contributed by atoms with Crippen molar-refractivity contribution in [3.63, 3.8) is 0 Å². The molecule has 4 aromatic carbocycles. The fourth-order valence-corrected chi connectivity index (χ4v) is 6.82. The molecule has 0 saturated heterocycles. The number of imidazole rings is 1. The Hall–Kier alpha value is -4.41. The molecule has 0 aliphatic carbocycles. The summed E-state index contributed by atoms with van der Waals surface area (Å²) < 4.78 is 43.1. The standard InChI is InChI=1S/C35H28N4O2.Pt/c1-23-14-15-36-35(17-23)39-32-20-27(12-13-28(32)29-18-24-7-6-16-40-34(24)21-33(29)39)41-26-9-5-8-25(19-26)38-22-37(2)30-10-3-4-11-31(30)38;/h3-5,8-15,17-21H,6-7,16H2,1-2H3;/i2D3;. The molecular formula is C35H28N4O2Pt. The number of aryl methyl sites for hydroxylation is 3. The number of pyridine rings is 1. The van der Waals surface area contributed by atoms with Gasteiger partial charge in [0, 0.05) is 6.20 Å². The second-order valence-corrected chi connectivity index (χ2v) is 11.7. The Morgan fingerprint density at radius 1 is 0.833 bits per heavy atom. The van der Waals surface area contributed by atoms with Crippen LogP contribution in [-0.4, -0.2) is 25.3 Å². The molecule has 1 aliphatic heterocycles. The van der Waals surface area contributed by atoms with Crippen LogP contribution in [0.3, 0.4) is 0 Å². The van der Waals surface area contributed by atoms with Crippen LogP contribution in [0.2, 0.25) is 0 Å². The number of fused-ring (bicyclic) bond motifs is 5. The van der Waals surface area contributed by atoms with Crippen LogP contribution in [0.25, 0.3) is 44.3 Å². The summed E-state index contributed by atoms with van der Waals surface area (Å²) in [7, 11) is 0. The second kappa shape index (κ2) is 9.85. The number of aromatic nitrogens is 4. The number of ether oxygens (including phenoxy) is 2. The first-order valence-corrected chi connectivity index (χ1v) is 15.0. The first kappa shape index (κ1) is 22.2. The first-order valence-electron chi connectivity index (χ1n) is 15.4. The van der Waals surface area contributed by atoms with E-state index in [1.54, 1.807) is 0 Å². The van der Waals surface area contributed by atoms with Crippen LogP contribution in [-0.2, 0) is 32.8 Å². The molecular weight excluding hydrogens is 703 g/mol. The summed E-state index contributed by atoms with van der Waals surface area (Å²) in [4.78, 5) is 4.74. The van der Waals surface area contributed by atoms with Gasteiger partial charge in [0.05, 0.1) is 6.61 Å². The van der Waals surface area contributed by atoms with Crippen molar-refractivity contribution in [2.24, 2.45) is 6.98 Å². The van der Waals surface area contributed by atoms with Crippen LogP contribution < -0.4 is 9.47 Å². The first-order chi connectivity index (χ1) is 21.8. The zero-order valence-corrected chi connectivity index (χ0v) is 25.1. The Labute approximate surface area is 258 Å². The van der Waals surface area contributed by atoms with E-state index in [1.807, 2.05) is 71.4 Å². The monoisotopic (exact) mass is 734 g/mol. The molecule has 0 unspecified atom stereocenters. The number of para-hydroxylation sites is 2. The van der Waals surface area contributed by atoms with E-state index in [9.17, 15) is 0 Å². The van der Waals surface area contributed by atoms with Gasteiger partial charge in [-0.3, -0.25) is 0 Å². The van der Waals surface area contributed by atoms with Gasteiger partial charge in [0.2, 0.25) is 0 Å². The molecule has 7 heteroatoms. The average Bonchev–Trinajstić information content (AvgIpc) is 3.50. The number of hydrogen-bond donors (Lipinski definition) is 0. The molecule has 7 aromatic rings. The molecule has 4 heterocycles. The molecule has 0 N–H and O–H groups in total. The summed E-state index contributed by atoms with van der Waals surface area (Å²) in [5.41, 5.74) is 6.64. The predicted octanol–water partition coefficient (Wildman–Crippen LogP) is 7.97. The Bertz CT molecular complexity index is 2350. The van der Waals surface area contributed by atoms with Crippen molar-refractivity contribution in [3.8, 4) is 28.8 Å². The van der Waals surface area contributed by atoms with Crippen molar-refractivity contribution in [1.29, 1.82) is 0 Å². The third-order valence-electron chi connectivity index (χ3n) is 7.91. The Morgan fingerprint density at radius 3 is 2.57 bits per heavy atom. The number of hydrogen-bond acceptors (Lipinski definition) is 3. The minimum atomic E-state index is -2.32. The van der Waals surface area contributed by atoms with E-state index in [0.29, 0.717) is 20.8 Å². The van der Waals surface area contributed by atoms with Gasteiger partial charge in [-0.05, 0) is 37.0 Å². The molecule has 210 valence electrons. The van der Waals surface area contributed by atoms with Crippen LogP contribution in [0, 0.1) is 10.7 Å². The van der Waals surface area contributed by atoms with Crippen LogP contribution in [0.4, 0.5) is 0 Å². The number of rotatable bonds is 4. The topological polar surface area (TPSA) is 46.1 Å². The summed E-state index contributed by atoms with van der Waals surface area (Å²) in [5.74, 6) is 3.09. The van der Waals surface area contributed by atoms with Crippen molar-refractivity contribution in [2.75, 3.05) is 6.61 Å². The van der Waals surface area contributed by atoms with Gasteiger partial charge >= 0.3 is 198 Å². The van der Waals surface area contributed by atoms with Crippen molar-refractivity contribution in [2.45, 2.75) is 19.8 Å². The Kier molecular flexibility index (Phi) is 5.21. The number of benzene rings is 4. The van der Waals surface area contributed by atoms with E-state index in [0.717, 1.165) is 69.6 Å². The molecule has 0 atom stereocenters. The number of nitrogens with zero attached hydrogens (tertiary/aromatic N) is 4. The maximum absolute atomic E-state index is 8.15. The van der Waals surface area contributed by atoms with Gasteiger partial charge in [0.15, 0.2) is 0 Å². The fourth-order valence-electron chi connectivity index (χ4n) is 5.98. The molecule has 0 saturated carbocycles.